The van der Waals surface area contributed by atoms with E-state index in [1.54, 1.807) is 27.9 Å². The number of carbonyl (C=O) groups excluding carboxylic acids is 3. The van der Waals surface area contributed by atoms with Gasteiger partial charge in [-0.1, -0.05) is 27.2 Å². The number of aliphatic hydroxyl groups excluding tert-OH is 2. The summed E-state index contributed by atoms with van der Waals surface area (Å²) in [6, 6.07) is -2.41. The van der Waals surface area contributed by atoms with E-state index in [9.17, 15) is 34.5 Å². The maximum absolute atomic E-state index is 13.6. The predicted octanol–water partition coefficient (Wildman–Crippen LogP) is 1.34. The number of esters is 1. The Labute approximate surface area is 227 Å². The number of hydrogen-bond donors (Lipinski definition) is 5. The van der Waals surface area contributed by atoms with Crippen molar-refractivity contribution >= 4 is 23.6 Å². The first kappa shape index (κ1) is 35.9. The average molecular weight is 546 g/mol. The van der Waals surface area contributed by atoms with Crippen molar-refractivity contribution in [1.29, 1.82) is 0 Å². The highest BCUT2D eigenvalue weighted by Crippen LogP contribution is 2.28. The zero-order valence-corrected chi connectivity index (χ0v) is 24.6. The molecule has 0 saturated carbocycles. The van der Waals surface area contributed by atoms with E-state index in [1.165, 1.54) is 18.9 Å². The molecule has 0 aromatic rings. The van der Waals surface area contributed by atoms with Crippen LogP contribution in [-0.2, 0) is 23.9 Å². The zero-order valence-electron chi connectivity index (χ0n) is 24.6. The minimum absolute atomic E-state index is 0.0169. The van der Waals surface area contributed by atoms with Crippen LogP contribution in [0.1, 0.15) is 80.1 Å². The lowest BCUT2D eigenvalue weighted by atomic mass is 9.88. The number of aliphatic hydroxyl groups is 2. The first-order valence-electron chi connectivity index (χ1n) is 13.5. The number of carboxylic acid groups (broad SMARTS) is 1. The number of hydrogen-bond acceptors (Lipinski definition) is 9. The van der Waals surface area contributed by atoms with Crippen LogP contribution < -0.4 is 10.6 Å². The number of ketones is 1. The van der Waals surface area contributed by atoms with Crippen molar-refractivity contribution in [2.24, 2.45) is 11.8 Å². The van der Waals surface area contributed by atoms with E-state index in [0.717, 1.165) is 0 Å². The largest absolute Gasteiger partial charge is 0.478 e. The van der Waals surface area contributed by atoms with Gasteiger partial charge in [-0.15, -0.1) is 0 Å². The van der Waals surface area contributed by atoms with E-state index in [2.05, 4.69) is 10.6 Å². The van der Waals surface area contributed by atoms with E-state index in [4.69, 9.17) is 4.74 Å². The zero-order chi connectivity index (χ0) is 29.8. The van der Waals surface area contributed by atoms with Crippen LogP contribution in [0.15, 0.2) is 0 Å². The second kappa shape index (κ2) is 16.8. The molecule has 11 nitrogen and oxygen atoms in total. The van der Waals surface area contributed by atoms with Crippen LogP contribution in [0.2, 0.25) is 0 Å². The first-order valence-corrected chi connectivity index (χ1v) is 13.5. The predicted molar refractivity (Wildman–Crippen MR) is 144 cm³/mol. The molecule has 0 heterocycles. The van der Waals surface area contributed by atoms with E-state index >= 15 is 0 Å². The summed E-state index contributed by atoms with van der Waals surface area (Å²) in [5.74, 6) is -3.37. The number of nitrogens with one attached hydrogen (secondary N) is 2. The minimum atomic E-state index is -2.31. The van der Waals surface area contributed by atoms with Crippen LogP contribution >= 0.6 is 0 Å². The summed E-state index contributed by atoms with van der Waals surface area (Å²) in [5, 5.41) is 35.7. The van der Waals surface area contributed by atoms with E-state index in [0.29, 0.717) is 19.3 Å². The Morgan fingerprint density at radius 3 is 1.95 bits per heavy atom. The molecule has 0 aliphatic carbocycles. The van der Waals surface area contributed by atoms with Crippen molar-refractivity contribution in [3.8, 4) is 0 Å². The van der Waals surface area contributed by atoms with Crippen molar-refractivity contribution in [2.75, 3.05) is 21.1 Å². The van der Waals surface area contributed by atoms with Gasteiger partial charge >= 0.3 is 11.9 Å². The summed E-state index contributed by atoms with van der Waals surface area (Å²) in [7, 11) is 4.69. The fraction of sp³-hybridized carbons (Fsp3) is 0.852. The topological polar surface area (TPSA) is 166 Å². The molecule has 0 radical (unpaired) electrons. The molecule has 0 fully saturated rings. The monoisotopic (exact) mass is 545 g/mol. The van der Waals surface area contributed by atoms with Gasteiger partial charge in [0.2, 0.25) is 11.5 Å². The number of nitrogens with zero attached hydrogens (tertiary/aromatic N) is 1. The number of likely N-dealkylation sites (N-methyl/N-ethyl adjacent to an activating group) is 3. The number of Topliss-reactive ketones (excluding diaryl/α,β-unsaturated/α-hetero) is 1. The molecular weight excluding hydrogens is 494 g/mol. The van der Waals surface area contributed by atoms with E-state index in [1.807, 2.05) is 20.8 Å². The second-order valence-corrected chi connectivity index (χ2v) is 10.8. The molecule has 0 spiro atoms. The molecule has 38 heavy (non-hydrogen) atoms. The van der Waals surface area contributed by atoms with Gasteiger partial charge in [-0.2, -0.15) is 0 Å². The third-order valence-corrected chi connectivity index (χ3v) is 7.24. The number of carbonyl (C=O) groups is 4. The fourth-order valence-electron chi connectivity index (χ4n) is 4.56. The van der Waals surface area contributed by atoms with Gasteiger partial charge in [-0.25, -0.2) is 9.59 Å². The summed E-state index contributed by atoms with van der Waals surface area (Å²) < 4.78 is 5.61. The van der Waals surface area contributed by atoms with Gasteiger partial charge in [0.05, 0.1) is 30.7 Å². The SMILES string of the molecule is CC[C@H](C)[C@H](NC)C(=O)N(C)[C@@H](CCC(C)CC(C)O)C(=O)OC(CC(=O)[C@H](C)NC)(CC(C)O)C(=O)O. The van der Waals surface area contributed by atoms with Crippen molar-refractivity contribution in [2.45, 2.75) is 116 Å². The van der Waals surface area contributed by atoms with Crippen molar-refractivity contribution in [3.63, 3.8) is 0 Å². The van der Waals surface area contributed by atoms with Crippen molar-refractivity contribution in [3.05, 3.63) is 0 Å². The molecule has 0 aromatic heterocycles. The third kappa shape index (κ3) is 11.0. The minimum Gasteiger partial charge on any atom is -0.478 e. The molecule has 0 aliphatic rings. The summed E-state index contributed by atoms with van der Waals surface area (Å²) in [4.78, 5) is 53.5. The molecule has 0 bridgehead atoms. The fourth-order valence-corrected chi connectivity index (χ4v) is 4.56. The highest BCUT2D eigenvalue weighted by Gasteiger charge is 2.48. The summed E-state index contributed by atoms with van der Waals surface area (Å²) in [5.41, 5.74) is -2.31. The number of ether oxygens (including phenoxy) is 1. The molecule has 0 aliphatic heterocycles. The Balaban J connectivity index is 6.36. The van der Waals surface area contributed by atoms with Crippen LogP contribution in [-0.4, -0.2) is 101 Å². The van der Waals surface area contributed by atoms with Gasteiger partial charge in [0.15, 0.2) is 5.78 Å². The van der Waals surface area contributed by atoms with Crippen molar-refractivity contribution < 1.29 is 39.2 Å². The number of carboxylic acids is 1. The Kier molecular flexibility index (Phi) is 15.9. The van der Waals surface area contributed by atoms with Gasteiger partial charge in [-0.05, 0) is 66.0 Å². The van der Waals surface area contributed by atoms with Crippen LogP contribution in [0.3, 0.4) is 0 Å². The van der Waals surface area contributed by atoms with Crippen LogP contribution in [0.25, 0.3) is 0 Å². The van der Waals surface area contributed by atoms with Gasteiger partial charge < -0.3 is 35.6 Å². The second-order valence-electron chi connectivity index (χ2n) is 10.8. The van der Waals surface area contributed by atoms with E-state index < -0.39 is 66.5 Å². The Morgan fingerprint density at radius 2 is 1.53 bits per heavy atom. The number of amides is 1. The quantitative estimate of drug-likeness (QED) is 0.150. The molecular formula is C27H51N3O8. The van der Waals surface area contributed by atoms with Crippen LogP contribution in [0, 0.1) is 11.8 Å². The highest BCUT2D eigenvalue weighted by molar-refractivity contribution is 5.93. The lowest BCUT2D eigenvalue weighted by Gasteiger charge is -2.36. The Bertz CT molecular complexity index is 775. The van der Waals surface area contributed by atoms with Gasteiger partial charge in [0.1, 0.15) is 6.04 Å². The lowest BCUT2D eigenvalue weighted by molar-refractivity contribution is -0.188. The average Bonchev–Trinajstić information content (AvgIpc) is 2.82. The molecule has 0 aromatic carbocycles. The lowest BCUT2D eigenvalue weighted by Crippen LogP contribution is -2.56. The molecule has 8 atom stereocenters. The Morgan fingerprint density at radius 1 is 0.947 bits per heavy atom. The maximum Gasteiger partial charge on any atom is 0.348 e. The molecule has 5 N–H and O–H groups in total. The number of aliphatic carboxylic acids is 1. The molecule has 4 unspecified atom stereocenters. The van der Waals surface area contributed by atoms with Crippen LogP contribution in [0.4, 0.5) is 0 Å². The molecule has 222 valence electrons. The molecule has 1 amide bonds. The third-order valence-electron chi connectivity index (χ3n) is 7.24. The highest BCUT2D eigenvalue weighted by atomic mass is 16.6. The standard InChI is InChI=1S/C27H51N3O8/c1-10-17(3)23(29-8)24(34)30(9)21(12-11-16(2)13-18(4)31)25(35)38-27(26(36)37,14-19(5)32)15-22(33)20(6)28-7/h16-21,23,28-29,31-32H,10-15H2,1-9H3,(H,36,37)/t16?,17-,18?,19?,20-,21-,23-,27?/m0/s1. The number of rotatable bonds is 19. The van der Waals surface area contributed by atoms with Gasteiger partial charge in [0, 0.05) is 13.5 Å². The van der Waals surface area contributed by atoms with E-state index in [-0.39, 0.29) is 24.2 Å². The van der Waals surface area contributed by atoms with Crippen molar-refractivity contribution in [1.82, 2.24) is 15.5 Å². The summed E-state index contributed by atoms with van der Waals surface area (Å²) in [6.45, 7) is 10.4. The maximum atomic E-state index is 13.6. The first-order chi connectivity index (χ1) is 17.6. The molecule has 11 heteroatoms. The molecule has 0 rings (SSSR count). The summed E-state index contributed by atoms with van der Waals surface area (Å²) in [6.07, 6.45) is -1.03. The van der Waals surface area contributed by atoms with Gasteiger partial charge in [0.25, 0.3) is 0 Å². The van der Waals surface area contributed by atoms with Gasteiger partial charge in [-0.3, -0.25) is 9.59 Å². The Hall–Kier alpha value is -2.08. The van der Waals surface area contributed by atoms with Crippen LogP contribution in [0.5, 0.6) is 0 Å². The molecule has 0 saturated heterocycles. The summed E-state index contributed by atoms with van der Waals surface area (Å²) >= 11 is 0. The smallest absolute Gasteiger partial charge is 0.348 e. The normalized spacial score (nSPS) is 18.7.